The first kappa shape index (κ1) is 62.8. The summed E-state index contributed by atoms with van der Waals surface area (Å²) in [7, 11) is 2.97. The second-order valence-electron chi connectivity index (χ2n) is 18.0. The minimum absolute atomic E-state index is 0.0668. The number of amides is 1. The number of allylic oxidation sites excluding steroid dienone is 2. The van der Waals surface area contributed by atoms with Crippen LogP contribution >= 0.6 is 21.6 Å². The van der Waals surface area contributed by atoms with Crippen LogP contribution in [0, 0.1) is 5.41 Å². The quantitative estimate of drug-likeness (QED) is 0.0165. The summed E-state index contributed by atoms with van der Waals surface area (Å²) in [4.78, 5) is 65.9. The van der Waals surface area contributed by atoms with Crippen molar-refractivity contribution < 1.29 is 47.7 Å². The first-order chi connectivity index (χ1) is 33.1. The van der Waals surface area contributed by atoms with E-state index in [4.69, 9.17) is 23.7 Å². The van der Waals surface area contributed by atoms with E-state index in [1.807, 2.05) is 0 Å². The molecule has 1 rings (SSSR count). The standard InChI is InChI=1S/C54H92N2O10S2/c1-6-10-12-14-16-18-19-20-21-22-23-25-26-28-30-32-49(57)64-45-54(5,52(60)62-40-42-67-68-43-41-63-53(61)55-38-39-56(8-3)9-4)46-65-51(59)44-47-34-36-48(37-35-47)66-50(58)33-31-29-27-24-17-15-13-11-7-2/h20-21,34-37H,6-19,22-33,38-46H2,1-5H3,(H,55,61)/b21-20-. The SMILES string of the molecule is CCCCCCCC/C=C\CCCCCCCC(=O)OCC(C)(COC(=O)Cc1ccc(OC(=O)CCCCCCCCCCC)cc1)C(=O)OCCSSCCOC(=O)NCCN(CC)CC. The molecule has 0 aromatic heterocycles. The number of ether oxygens (including phenoxy) is 5. The zero-order valence-electron chi connectivity index (χ0n) is 43.1. The molecule has 0 bridgehead atoms. The number of hydrogen-bond acceptors (Lipinski definition) is 13. The Morgan fingerprint density at radius 1 is 0.574 bits per heavy atom. The van der Waals surface area contributed by atoms with Crippen LogP contribution < -0.4 is 10.1 Å². The molecule has 1 amide bonds. The number of unbranched alkanes of at least 4 members (excludes halogenated alkanes) is 19. The highest BCUT2D eigenvalue weighted by Crippen LogP contribution is 2.24. The van der Waals surface area contributed by atoms with E-state index in [0.717, 1.165) is 77.4 Å². The topological polar surface area (TPSA) is 147 Å². The fraction of sp³-hybridized carbons (Fsp3) is 0.759. The van der Waals surface area contributed by atoms with Crippen molar-refractivity contribution in [2.75, 3.05) is 64.1 Å². The normalized spacial score (nSPS) is 12.2. The van der Waals surface area contributed by atoms with Crippen molar-refractivity contribution in [1.82, 2.24) is 10.2 Å². The minimum Gasteiger partial charge on any atom is -0.464 e. The minimum atomic E-state index is -1.43. The number of nitrogens with one attached hydrogen (secondary N) is 1. The van der Waals surface area contributed by atoms with Gasteiger partial charge in [0.05, 0.1) is 6.42 Å². The molecule has 0 fully saturated rings. The molecular formula is C54H92N2O10S2. The Labute approximate surface area is 420 Å². The second kappa shape index (κ2) is 43.8. The number of alkyl carbamates (subject to hydrolysis) is 1. The highest BCUT2D eigenvalue weighted by atomic mass is 33.1. The summed E-state index contributed by atoms with van der Waals surface area (Å²) in [5.74, 6) is -0.430. The van der Waals surface area contributed by atoms with Gasteiger partial charge in [0.15, 0.2) is 0 Å². The molecule has 1 N–H and O–H groups in total. The molecule has 0 saturated heterocycles. The summed E-state index contributed by atoms with van der Waals surface area (Å²) in [6, 6.07) is 6.72. The van der Waals surface area contributed by atoms with Gasteiger partial charge in [-0.1, -0.05) is 176 Å². The van der Waals surface area contributed by atoms with E-state index in [1.165, 1.54) is 98.6 Å². The zero-order valence-corrected chi connectivity index (χ0v) is 44.7. The average molecular weight is 993 g/mol. The highest BCUT2D eigenvalue weighted by Gasteiger charge is 2.38. The fourth-order valence-electron chi connectivity index (χ4n) is 7.24. The van der Waals surface area contributed by atoms with Gasteiger partial charge in [0, 0.05) is 37.4 Å². The van der Waals surface area contributed by atoms with Crippen LogP contribution in [0.3, 0.4) is 0 Å². The lowest BCUT2D eigenvalue weighted by Crippen LogP contribution is -2.40. The van der Waals surface area contributed by atoms with E-state index in [9.17, 15) is 24.0 Å². The van der Waals surface area contributed by atoms with E-state index in [1.54, 1.807) is 31.2 Å². The van der Waals surface area contributed by atoms with Crippen LogP contribution in [-0.2, 0) is 44.5 Å². The molecule has 1 aromatic carbocycles. The maximum absolute atomic E-state index is 13.5. The first-order valence-corrected chi connectivity index (χ1v) is 28.9. The van der Waals surface area contributed by atoms with Crippen molar-refractivity contribution in [1.29, 1.82) is 0 Å². The maximum Gasteiger partial charge on any atom is 0.407 e. The summed E-state index contributed by atoms with van der Waals surface area (Å²) >= 11 is 0. The number of hydrogen-bond donors (Lipinski definition) is 1. The van der Waals surface area contributed by atoms with Crippen LogP contribution in [0.15, 0.2) is 36.4 Å². The Morgan fingerprint density at radius 2 is 1.04 bits per heavy atom. The van der Waals surface area contributed by atoms with E-state index >= 15 is 0 Å². The number of benzene rings is 1. The lowest BCUT2D eigenvalue weighted by atomic mass is 9.93. The second-order valence-corrected chi connectivity index (χ2v) is 20.7. The van der Waals surface area contributed by atoms with Gasteiger partial charge in [-0.25, -0.2) is 4.79 Å². The van der Waals surface area contributed by atoms with Crippen molar-refractivity contribution in [3.8, 4) is 5.75 Å². The first-order valence-electron chi connectivity index (χ1n) is 26.4. The van der Waals surface area contributed by atoms with Crippen molar-refractivity contribution in [3.63, 3.8) is 0 Å². The van der Waals surface area contributed by atoms with Gasteiger partial charge < -0.3 is 33.9 Å². The monoisotopic (exact) mass is 993 g/mol. The number of carbonyl (C=O) groups is 5. The maximum atomic E-state index is 13.5. The molecule has 0 saturated carbocycles. The molecule has 0 radical (unpaired) electrons. The van der Waals surface area contributed by atoms with Crippen LogP contribution in [0.1, 0.15) is 194 Å². The van der Waals surface area contributed by atoms with E-state index in [-0.39, 0.29) is 45.2 Å². The molecule has 1 aromatic rings. The average Bonchev–Trinajstić information content (AvgIpc) is 3.33. The number of esters is 4. The predicted octanol–water partition coefficient (Wildman–Crippen LogP) is 13.2. The Bertz CT molecular complexity index is 1480. The summed E-state index contributed by atoms with van der Waals surface area (Å²) < 4.78 is 27.6. The van der Waals surface area contributed by atoms with Crippen molar-refractivity contribution in [3.05, 3.63) is 42.0 Å². The molecule has 390 valence electrons. The molecule has 0 spiro atoms. The van der Waals surface area contributed by atoms with Gasteiger partial charge in [-0.2, -0.15) is 0 Å². The van der Waals surface area contributed by atoms with Crippen LogP contribution in [0.5, 0.6) is 5.75 Å². The highest BCUT2D eigenvalue weighted by molar-refractivity contribution is 8.76. The van der Waals surface area contributed by atoms with Gasteiger partial charge in [0.25, 0.3) is 0 Å². The predicted molar refractivity (Wildman–Crippen MR) is 280 cm³/mol. The smallest absolute Gasteiger partial charge is 0.407 e. The van der Waals surface area contributed by atoms with Crippen molar-refractivity contribution in [2.24, 2.45) is 5.41 Å². The summed E-state index contributed by atoms with van der Waals surface area (Å²) in [6.45, 7) is 13.0. The molecule has 0 aliphatic rings. The largest absolute Gasteiger partial charge is 0.464 e. The molecule has 0 aliphatic carbocycles. The van der Waals surface area contributed by atoms with Crippen molar-refractivity contribution >= 4 is 51.6 Å². The lowest BCUT2D eigenvalue weighted by Gasteiger charge is -2.26. The Balaban J connectivity index is 2.55. The van der Waals surface area contributed by atoms with Crippen molar-refractivity contribution in [2.45, 2.75) is 195 Å². The van der Waals surface area contributed by atoms with Gasteiger partial charge in [-0.15, -0.1) is 0 Å². The lowest BCUT2D eigenvalue weighted by molar-refractivity contribution is -0.169. The third-order valence-corrected chi connectivity index (χ3v) is 14.0. The van der Waals surface area contributed by atoms with Crippen LogP contribution in [-0.4, -0.2) is 99.0 Å². The van der Waals surface area contributed by atoms with E-state index in [2.05, 4.69) is 50.1 Å². The zero-order chi connectivity index (χ0) is 49.8. The van der Waals surface area contributed by atoms with Gasteiger partial charge in [0.2, 0.25) is 0 Å². The van der Waals surface area contributed by atoms with Gasteiger partial charge in [-0.05, 0) is 76.2 Å². The molecule has 1 atom stereocenters. The van der Waals surface area contributed by atoms with Gasteiger partial charge in [0.1, 0.15) is 37.6 Å². The third-order valence-electron chi connectivity index (χ3n) is 11.7. The van der Waals surface area contributed by atoms with E-state index in [0.29, 0.717) is 42.2 Å². The summed E-state index contributed by atoms with van der Waals surface area (Å²) in [5.41, 5.74) is -0.773. The molecule has 1 unspecified atom stereocenters. The number of carbonyl (C=O) groups excluding carboxylic acids is 5. The molecule has 0 aliphatic heterocycles. The van der Waals surface area contributed by atoms with Gasteiger partial charge in [-0.3, -0.25) is 19.2 Å². The van der Waals surface area contributed by atoms with Crippen LogP contribution in [0.2, 0.25) is 0 Å². The van der Waals surface area contributed by atoms with Crippen LogP contribution in [0.4, 0.5) is 4.79 Å². The summed E-state index contributed by atoms with van der Waals surface area (Å²) in [6.07, 6.45) is 30.3. The van der Waals surface area contributed by atoms with Crippen LogP contribution in [0.25, 0.3) is 0 Å². The number of likely N-dealkylation sites (N-methyl/N-ethyl adjacent to an activating group) is 1. The number of rotatable bonds is 45. The van der Waals surface area contributed by atoms with Gasteiger partial charge >= 0.3 is 30.0 Å². The fourth-order valence-corrected chi connectivity index (χ4v) is 8.90. The molecule has 0 heterocycles. The molecular weight excluding hydrogens is 901 g/mol. The number of nitrogens with zero attached hydrogens (tertiary/aromatic N) is 1. The third kappa shape index (κ3) is 35.8. The summed E-state index contributed by atoms with van der Waals surface area (Å²) in [5, 5.41) is 2.76. The molecule has 14 heteroatoms. The van der Waals surface area contributed by atoms with E-state index < -0.39 is 29.4 Å². The molecule has 12 nitrogen and oxygen atoms in total. The molecule has 68 heavy (non-hydrogen) atoms. The Hall–Kier alpha value is -3.23. The Kier molecular flexibility index (Phi) is 40.4. The Morgan fingerprint density at radius 3 is 1.57 bits per heavy atom.